The maximum atomic E-state index is 2.67. The van der Waals surface area contributed by atoms with Crippen LogP contribution in [-0.2, 0) is 0 Å². The van der Waals surface area contributed by atoms with Crippen LogP contribution in [0, 0.1) is 0 Å². The van der Waals surface area contributed by atoms with E-state index in [1.54, 1.807) is 0 Å². The molecule has 0 amide bonds. The van der Waals surface area contributed by atoms with Crippen molar-refractivity contribution >= 4 is 32.9 Å². The van der Waals surface area contributed by atoms with Gasteiger partial charge in [0, 0.05) is 27.2 Å². The molecule has 0 bridgehead atoms. The Balaban J connectivity index is 1.14. The number of hydrogen-bond acceptors (Lipinski definition) is 1. The minimum absolute atomic E-state index is 0.0593. The molecular weight excluding hydrogens is 869 g/mol. The Bertz CT molecular complexity index is 3820. The van der Waals surface area contributed by atoms with Gasteiger partial charge in [-0.25, -0.2) is 0 Å². The summed E-state index contributed by atoms with van der Waals surface area (Å²) in [7, 11) is 0. The number of benzene rings is 11. The van der Waals surface area contributed by atoms with E-state index in [4.69, 9.17) is 0 Å². The third-order valence-electron chi connectivity index (χ3n) is 14.6. The van der Waals surface area contributed by atoms with Crippen molar-refractivity contribution in [2.75, 3.05) is 4.90 Å². The van der Waals surface area contributed by atoms with Crippen molar-refractivity contribution < 1.29 is 0 Å². The predicted octanol–water partition coefficient (Wildman–Crippen LogP) is 18.8. The quantitative estimate of drug-likeness (QED) is 0.124. The summed E-state index contributed by atoms with van der Waals surface area (Å²) in [5.74, 6) is 0. The topological polar surface area (TPSA) is 8.17 Å². The van der Waals surface area contributed by atoms with Crippen molar-refractivity contribution in [3.63, 3.8) is 0 Å². The summed E-state index contributed by atoms with van der Waals surface area (Å²) < 4.78 is 2.54. The smallest absolute Gasteiger partial charge is 0.0627 e. The Morgan fingerprint density at radius 1 is 0.264 bits per heavy atom. The summed E-state index contributed by atoms with van der Waals surface area (Å²) >= 11 is 0. The zero-order valence-corrected chi connectivity index (χ0v) is 39.8. The molecule has 0 fully saturated rings. The Labute approximate surface area is 421 Å². The Morgan fingerprint density at radius 3 is 1.04 bits per heavy atom. The lowest BCUT2D eigenvalue weighted by atomic mass is 9.90. The van der Waals surface area contributed by atoms with E-state index in [0.717, 1.165) is 34.6 Å². The van der Waals surface area contributed by atoms with Crippen LogP contribution in [0.15, 0.2) is 285 Å². The van der Waals surface area contributed by atoms with Crippen molar-refractivity contribution in [3.8, 4) is 72.7 Å². The number of fused-ring (bicyclic) bond motifs is 2. The van der Waals surface area contributed by atoms with Crippen LogP contribution in [-0.4, -0.2) is 4.57 Å². The number of rotatable bonds is 10. The first-order valence-corrected chi connectivity index (χ1v) is 25.0. The molecule has 340 valence electrons. The van der Waals surface area contributed by atoms with Crippen LogP contribution in [0.1, 0.15) is 23.6 Å². The number of anilines is 1. The first kappa shape index (κ1) is 42.8. The third kappa shape index (κ3) is 7.80. The van der Waals surface area contributed by atoms with Crippen molar-refractivity contribution in [2.45, 2.75) is 12.5 Å². The number of aromatic nitrogens is 1. The molecule has 72 heavy (non-hydrogen) atoms. The van der Waals surface area contributed by atoms with E-state index >= 15 is 0 Å². The average Bonchev–Trinajstić information content (AvgIpc) is 4.11. The van der Waals surface area contributed by atoms with Crippen LogP contribution in [0.25, 0.3) is 100.0 Å². The van der Waals surface area contributed by atoms with Crippen LogP contribution >= 0.6 is 0 Å². The van der Waals surface area contributed by atoms with Gasteiger partial charge in [-0.2, -0.15) is 0 Å². The van der Waals surface area contributed by atoms with Gasteiger partial charge in [0.2, 0.25) is 0 Å². The molecule has 1 aliphatic rings. The zero-order valence-electron chi connectivity index (χ0n) is 39.8. The molecule has 2 heterocycles. The normalized spacial score (nSPS) is 13.4. The van der Waals surface area contributed by atoms with Gasteiger partial charge in [-0.15, -0.1) is 0 Å². The predicted molar refractivity (Wildman–Crippen MR) is 304 cm³/mol. The third-order valence-corrected chi connectivity index (χ3v) is 14.6. The minimum Gasteiger partial charge on any atom is -0.332 e. The molecule has 0 saturated carbocycles. The lowest BCUT2D eigenvalue weighted by Gasteiger charge is -2.34. The van der Waals surface area contributed by atoms with Crippen LogP contribution in [0.5, 0.6) is 0 Å². The average molecular weight is 919 g/mol. The molecule has 0 spiro atoms. The fraction of sp³-hybridized carbons (Fsp3) is 0.0286. The molecule has 0 N–H and O–H groups in total. The van der Waals surface area contributed by atoms with E-state index in [-0.39, 0.29) is 6.04 Å². The Hall–Kier alpha value is -9.24. The lowest BCUT2D eigenvalue weighted by Crippen LogP contribution is -2.23. The first-order chi connectivity index (χ1) is 35.7. The number of nitrogens with zero attached hydrogens (tertiary/aromatic N) is 2. The molecule has 11 aromatic carbocycles. The molecule has 1 aromatic heterocycles. The van der Waals surface area contributed by atoms with Crippen LogP contribution < -0.4 is 4.90 Å². The standard InChI is InChI=1S/C70H50N2/c1-7-19-49(20-8-1)51-31-35-53(36-32-51)59-39-41-61-63(47-59)69(71-65(55-23-11-3-12-24-55)43-44-66(71)56-25-13-4-14-26-56)62-42-40-60(54-37-33-52(34-38-54)50-21-9-2-10-22-50)48-64(62)70(61)72-67(57-27-15-5-16-28-57)45-46-68(72)58-29-17-6-18-30-58/h1-45,47-48,68H,46H2. The highest BCUT2D eigenvalue weighted by atomic mass is 15.2. The maximum absolute atomic E-state index is 2.67. The van der Waals surface area contributed by atoms with Crippen LogP contribution in [0.3, 0.4) is 0 Å². The summed E-state index contributed by atoms with van der Waals surface area (Å²) in [6, 6.07) is 102. The monoisotopic (exact) mass is 918 g/mol. The fourth-order valence-electron chi connectivity index (χ4n) is 11.1. The zero-order chi connectivity index (χ0) is 47.8. The number of hydrogen-bond donors (Lipinski definition) is 0. The largest absolute Gasteiger partial charge is 0.332 e. The van der Waals surface area contributed by atoms with Gasteiger partial charge >= 0.3 is 0 Å². The summed E-state index contributed by atoms with van der Waals surface area (Å²) in [5, 5.41) is 4.74. The van der Waals surface area contributed by atoms with Gasteiger partial charge in [-0.1, -0.05) is 261 Å². The van der Waals surface area contributed by atoms with Gasteiger partial charge in [0.1, 0.15) is 0 Å². The fourth-order valence-corrected chi connectivity index (χ4v) is 11.1. The van der Waals surface area contributed by atoms with E-state index in [0.29, 0.717) is 0 Å². The highest BCUT2D eigenvalue weighted by molar-refractivity contribution is 6.21. The van der Waals surface area contributed by atoms with Gasteiger partial charge in [-0.3, -0.25) is 0 Å². The lowest BCUT2D eigenvalue weighted by molar-refractivity contribution is 0.753. The molecular formula is C70H50N2. The minimum atomic E-state index is 0.0593. The molecule has 2 nitrogen and oxygen atoms in total. The van der Waals surface area contributed by atoms with Crippen molar-refractivity contribution in [1.82, 2.24) is 4.57 Å². The molecule has 0 radical (unpaired) electrons. The molecule has 2 heteroatoms. The van der Waals surface area contributed by atoms with E-state index in [1.165, 1.54) is 88.6 Å². The van der Waals surface area contributed by atoms with Crippen molar-refractivity contribution in [1.29, 1.82) is 0 Å². The second kappa shape index (κ2) is 18.6. The molecule has 1 unspecified atom stereocenters. The molecule has 0 saturated heterocycles. The van der Waals surface area contributed by atoms with Crippen molar-refractivity contribution in [3.05, 3.63) is 296 Å². The molecule has 13 rings (SSSR count). The van der Waals surface area contributed by atoms with E-state index in [2.05, 4.69) is 295 Å². The van der Waals surface area contributed by atoms with E-state index in [1.807, 2.05) is 0 Å². The summed E-state index contributed by atoms with van der Waals surface area (Å²) in [6.45, 7) is 0. The second-order valence-electron chi connectivity index (χ2n) is 18.8. The molecule has 12 aromatic rings. The second-order valence-corrected chi connectivity index (χ2v) is 18.8. The summed E-state index contributed by atoms with van der Waals surface area (Å²) in [5.41, 5.74) is 20.2. The van der Waals surface area contributed by atoms with Crippen molar-refractivity contribution in [2.24, 2.45) is 0 Å². The van der Waals surface area contributed by atoms with Crippen LogP contribution in [0.2, 0.25) is 0 Å². The SMILES string of the molecule is C1=C(c2ccccc2)N(c2c3cc(-c4ccc(-c5ccccc5)cc4)ccc3c(-n3c(-c4ccccc4)ccc3-c3ccccc3)c3cc(-c4ccc(-c5ccccc5)cc4)ccc23)C(c2ccccc2)C1. The van der Waals surface area contributed by atoms with Gasteiger partial charge in [-0.05, 0) is 97.4 Å². The molecule has 1 atom stereocenters. The highest BCUT2D eigenvalue weighted by Gasteiger charge is 2.34. The maximum Gasteiger partial charge on any atom is 0.0627 e. The van der Waals surface area contributed by atoms with E-state index in [9.17, 15) is 0 Å². The van der Waals surface area contributed by atoms with Gasteiger partial charge in [0.05, 0.1) is 28.8 Å². The molecule has 0 aliphatic carbocycles. The Morgan fingerprint density at radius 2 is 0.597 bits per heavy atom. The summed E-state index contributed by atoms with van der Waals surface area (Å²) in [4.78, 5) is 2.67. The van der Waals surface area contributed by atoms with Crippen LogP contribution in [0.4, 0.5) is 5.69 Å². The van der Waals surface area contributed by atoms with Gasteiger partial charge < -0.3 is 9.47 Å². The van der Waals surface area contributed by atoms with E-state index < -0.39 is 0 Å². The Kier molecular flexibility index (Phi) is 11.1. The van der Waals surface area contributed by atoms with Gasteiger partial charge in [0.25, 0.3) is 0 Å². The highest BCUT2D eigenvalue weighted by Crippen LogP contribution is 2.52. The van der Waals surface area contributed by atoms with Gasteiger partial charge in [0.15, 0.2) is 0 Å². The first-order valence-electron chi connectivity index (χ1n) is 25.0. The summed E-state index contributed by atoms with van der Waals surface area (Å²) in [6.07, 6.45) is 3.33. The molecule has 1 aliphatic heterocycles.